The summed E-state index contributed by atoms with van der Waals surface area (Å²) in [4.78, 5) is 0. The molecule has 1 rings (SSSR count). The summed E-state index contributed by atoms with van der Waals surface area (Å²) in [5, 5.41) is 0. The minimum Gasteiger partial charge on any atom is -0.376 e. The largest absolute Gasteiger partial charge is 0.534 e. The normalized spacial score (nSPS) is 13.2. The number of rotatable bonds is 7. The Labute approximate surface area is 132 Å². The molecule has 0 aliphatic carbocycles. The lowest BCUT2D eigenvalue weighted by molar-refractivity contribution is -0.558. The number of halogens is 4. The molecule has 1 aromatic rings. The van der Waals surface area contributed by atoms with E-state index in [1.165, 1.54) is 4.08 Å². The highest BCUT2D eigenvalue weighted by Gasteiger charge is 2.49. The van der Waals surface area contributed by atoms with Crippen LogP contribution in [0, 0.1) is 3.57 Å². The first kappa shape index (κ1) is 18.3. The van der Waals surface area contributed by atoms with Crippen molar-refractivity contribution in [3.8, 4) is 0 Å². The fraction of sp³-hybridized carbons (Fsp3) is 0.385. The molecule has 0 amide bonds. The molecular formula is C13H15F3IO3S+. The maximum absolute atomic E-state index is 12.3. The van der Waals surface area contributed by atoms with Crippen molar-refractivity contribution in [2.24, 2.45) is 0 Å². The van der Waals surface area contributed by atoms with Crippen molar-refractivity contribution < 1.29 is 47.0 Å². The van der Waals surface area contributed by atoms with E-state index in [1.807, 2.05) is 37.3 Å². The lowest BCUT2D eigenvalue weighted by atomic mass is 10.2. The van der Waals surface area contributed by atoms with Crippen molar-refractivity contribution in [3.05, 3.63) is 43.7 Å². The van der Waals surface area contributed by atoms with Crippen molar-refractivity contribution in [2.75, 3.05) is 0 Å². The zero-order chi connectivity index (χ0) is 15.9. The van der Waals surface area contributed by atoms with Crippen LogP contribution in [0.1, 0.15) is 26.2 Å². The van der Waals surface area contributed by atoms with Gasteiger partial charge in [-0.25, -0.2) is 0 Å². The van der Waals surface area contributed by atoms with Gasteiger partial charge in [-0.1, -0.05) is 31.5 Å². The van der Waals surface area contributed by atoms with Gasteiger partial charge in [-0.05, 0) is 18.6 Å². The van der Waals surface area contributed by atoms with Crippen molar-refractivity contribution in [1.82, 2.24) is 0 Å². The van der Waals surface area contributed by atoms with Crippen LogP contribution in [0.4, 0.5) is 13.2 Å². The molecule has 0 heterocycles. The fourth-order valence-electron chi connectivity index (χ4n) is 1.26. The number of unbranched alkanes of at least 4 members (excludes halogenated alkanes) is 1. The van der Waals surface area contributed by atoms with Gasteiger partial charge in [-0.15, -0.1) is 0 Å². The van der Waals surface area contributed by atoms with E-state index in [-0.39, 0.29) is 12.2 Å². The van der Waals surface area contributed by atoms with E-state index < -0.39 is 36.8 Å². The van der Waals surface area contributed by atoms with Crippen LogP contribution in [0.5, 0.6) is 0 Å². The third-order valence-electron chi connectivity index (χ3n) is 2.31. The zero-order valence-electron chi connectivity index (χ0n) is 11.2. The smallest absolute Gasteiger partial charge is 0.376 e. The van der Waals surface area contributed by atoms with E-state index in [4.69, 9.17) is 0 Å². The van der Waals surface area contributed by atoms with Crippen LogP contribution in [-0.2, 0) is 14.3 Å². The Hall–Kier alpha value is -0.770. The molecule has 0 bridgehead atoms. The molecule has 0 aliphatic heterocycles. The number of benzene rings is 1. The summed E-state index contributed by atoms with van der Waals surface area (Å²) < 4.78 is 65.9. The van der Waals surface area contributed by atoms with E-state index in [9.17, 15) is 21.6 Å². The molecule has 3 nitrogen and oxygen atoms in total. The molecule has 0 aromatic heterocycles. The maximum Gasteiger partial charge on any atom is 0.534 e. The topological polar surface area (TPSA) is 43.4 Å². The van der Waals surface area contributed by atoms with Crippen molar-refractivity contribution in [3.63, 3.8) is 0 Å². The molecule has 0 saturated heterocycles. The number of hydrogen-bond donors (Lipinski definition) is 0. The summed E-state index contributed by atoms with van der Waals surface area (Å²) in [6, 6.07) is 9.17. The third-order valence-corrected chi connectivity index (χ3v) is 5.76. The molecule has 0 atom stereocenters. The fourth-order valence-corrected chi connectivity index (χ4v) is 3.92. The summed E-state index contributed by atoms with van der Waals surface area (Å²) in [6.45, 7) is 1.86. The first-order chi connectivity index (χ1) is 9.76. The van der Waals surface area contributed by atoms with Crippen molar-refractivity contribution in [2.45, 2.75) is 31.7 Å². The lowest BCUT2D eigenvalue weighted by Gasteiger charge is -2.10. The molecule has 0 aliphatic rings. The van der Waals surface area contributed by atoms with E-state index >= 15 is 0 Å². The van der Waals surface area contributed by atoms with E-state index in [2.05, 4.69) is 4.18 Å². The Kier molecular flexibility index (Phi) is 6.98. The van der Waals surface area contributed by atoms with Crippen molar-refractivity contribution in [1.29, 1.82) is 0 Å². The first-order valence-corrected chi connectivity index (χ1v) is 9.88. The molecular weight excluding hydrogens is 420 g/mol. The van der Waals surface area contributed by atoms with Gasteiger partial charge in [-0.3, -0.25) is 0 Å². The number of hydrogen-bond acceptors (Lipinski definition) is 3. The Bertz CT molecular complexity index is 568. The summed E-state index contributed by atoms with van der Waals surface area (Å²) in [5.41, 5.74) is -5.40. The average molecular weight is 435 g/mol. The third kappa shape index (κ3) is 6.25. The summed E-state index contributed by atoms with van der Waals surface area (Å²) in [6.07, 6.45) is 1.48. The van der Waals surface area contributed by atoms with Gasteiger partial charge in [0, 0.05) is 6.42 Å². The molecule has 0 unspecified atom stereocenters. The number of allylic oxidation sites excluding steroid dienone is 1. The minimum absolute atomic E-state index is 0.120. The Morgan fingerprint density at radius 3 is 2.43 bits per heavy atom. The molecule has 118 valence electrons. The maximum atomic E-state index is 12.3. The average Bonchev–Trinajstić information content (AvgIpc) is 2.41. The molecule has 0 spiro atoms. The molecule has 8 heteroatoms. The van der Waals surface area contributed by atoms with Crippen LogP contribution in [0.25, 0.3) is 0 Å². The minimum atomic E-state index is -5.58. The molecule has 0 saturated carbocycles. The molecule has 0 fully saturated rings. The van der Waals surface area contributed by atoms with E-state index in [0.717, 1.165) is 9.99 Å². The van der Waals surface area contributed by atoms with Gasteiger partial charge in [0.1, 0.15) is 0 Å². The number of alkyl halides is 3. The highest BCUT2D eigenvalue weighted by molar-refractivity contribution is 7.87. The predicted octanol–water partition coefficient (Wildman–Crippen LogP) is 0.843. The Balaban J connectivity index is 2.85. The standard InChI is InChI=1S/C13H15F3IO3S/c1-2-3-9-12(20-21(18,19)13(14,15)16)10-17-11-7-5-4-6-8-11/h4-8,10H,2-3,9H2,1H3/q+1/b12-10+. The van der Waals surface area contributed by atoms with Crippen LogP contribution in [0.2, 0.25) is 0 Å². The van der Waals surface area contributed by atoms with E-state index in [1.54, 1.807) is 0 Å². The molecule has 1 aromatic carbocycles. The van der Waals surface area contributed by atoms with Gasteiger partial charge in [0.25, 0.3) is 0 Å². The van der Waals surface area contributed by atoms with Crippen LogP contribution in [0.3, 0.4) is 0 Å². The van der Waals surface area contributed by atoms with Crippen molar-refractivity contribution >= 4 is 10.1 Å². The van der Waals surface area contributed by atoms with Crippen LogP contribution >= 0.6 is 0 Å². The second-order valence-corrected chi connectivity index (χ2v) is 8.10. The van der Waals surface area contributed by atoms with Crippen LogP contribution < -0.4 is 21.2 Å². The van der Waals surface area contributed by atoms with Gasteiger partial charge >= 0.3 is 36.8 Å². The van der Waals surface area contributed by atoms with E-state index in [0.29, 0.717) is 6.42 Å². The SMILES string of the molecule is CCCC/C(=C\[I+]c1ccccc1)OS(=O)(=O)C(F)(F)F. The van der Waals surface area contributed by atoms with Gasteiger partial charge in [0.05, 0.1) is 0 Å². The second-order valence-electron chi connectivity index (χ2n) is 4.07. The van der Waals surface area contributed by atoms with Crippen LogP contribution in [-0.4, -0.2) is 13.9 Å². The Morgan fingerprint density at radius 1 is 1.29 bits per heavy atom. The van der Waals surface area contributed by atoms with Crippen LogP contribution in [0.15, 0.2) is 40.2 Å². The first-order valence-electron chi connectivity index (χ1n) is 6.14. The van der Waals surface area contributed by atoms with Gasteiger partial charge in [-0.2, -0.15) is 21.6 Å². The molecule has 0 radical (unpaired) electrons. The monoisotopic (exact) mass is 435 g/mol. The van der Waals surface area contributed by atoms with Gasteiger partial charge in [0.15, 0.2) is 13.4 Å². The summed E-state index contributed by atoms with van der Waals surface area (Å²) in [7, 11) is -5.58. The lowest BCUT2D eigenvalue weighted by Crippen LogP contribution is -3.59. The second kappa shape index (κ2) is 8.02. The molecule has 21 heavy (non-hydrogen) atoms. The van der Waals surface area contributed by atoms with Gasteiger partial charge in [0.2, 0.25) is 0 Å². The highest BCUT2D eigenvalue weighted by atomic mass is 127. The quantitative estimate of drug-likeness (QED) is 0.276. The van der Waals surface area contributed by atoms with Gasteiger partial charge < -0.3 is 4.18 Å². The zero-order valence-corrected chi connectivity index (χ0v) is 14.2. The Morgan fingerprint density at radius 2 is 1.90 bits per heavy atom. The summed E-state index contributed by atoms with van der Waals surface area (Å²) in [5.74, 6) is -0.120. The summed E-state index contributed by atoms with van der Waals surface area (Å²) >= 11 is -0.742. The predicted molar refractivity (Wildman–Crippen MR) is 68.8 cm³/mol. The molecule has 0 N–H and O–H groups in total. The highest BCUT2D eigenvalue weighted by Crippen LogP contribution is 2.27.